The molecule has 0 fully saturated rings. The van der Waals surface area contributed by atoms with Crippen LogP contribution in [-0.4, -0.2) is 18.0 Å². The summed E-state index contributed by atoms with van der Waals surface area (Å²) in [5.74, 6) is 5.54. The van der Waals surface area contributed by atoms with E-state index in [1.807, 2.05) is 18.2 Å². The van der Waals surface area contributed by atoms with Crippen molar-refractivity contribution in [1.29, 1.82) is 0 Å². The highest BCUT2D eigenvalue weighted by Gasteiger charge is 2.15. The molecule has 0 aromatic heterocycles. The van der Waals surface area contributed by atoms with Gasteiger partial charge < -0.3 is 12.4 Å². The molecule has 76 valence electrons. The molecule has 3 N–H and O–H groups in total. The van der Waals surface area contributed by atoms with Crippen molar-refractivity contribution in [1.82, 2.24) is 5.01 Å². The molecule has 0 radical (unpaired) electrons. The SMILES string of the molecule is NN1C=N[NH+](Cc2ccccc2)C1.[Cl-]. The lowest BCUT2D eigenvalue weighted by Gasteiger charge is -2.09. The summed E-state index contributed by atoms with van der Waals surface area (Å²) in [7, 11) is 0. The van der Waals surface area contributed by atoms with Crippen molar-refractivity contribution in [2.24, 2.45) is 10.9 Å². The monoisotopic (exact) mass is 212 g/mol. The molecular formula is C9H13ClN4. The van der Waals surface area contributed by atoms with Crippen molar-refractivity contribution in [2.75, 3.05) is 6.67 Å². The van der Waals surface area contributed by atoms with Gasteiger partial charge in [-0.2, -0.15) is 5.01 Å². The standard InChI is InChI=1S/C9H12N4.ClH/c10-12-7-11-13(8-12)6-9-4-2-1-3-5-9;/h1-5,7H,6,8,10H2;1H. The quantitative estimate of drug-likeness (QED) is 0.494. The molecule has 4 nitrogen and oxygen atoms in total. The highest BCUT2D eigenvalue weighted by atomic mass is 35.5. The minimum absolute atomic E-state index is 0. The predicted octanol–water partition coefficient (Wildman–Crippen LogP) is -3.83. The summed E-state index contributed by atoms with van der Waals surface area (Å²) in [5, 5.41) is 6.92. The molecule has 1 aromatic rings. The molecular weight excluding hydrogens is 200 g/mol. The van der Waals surface area contributed by atoms with Crippen LogP contribution >= 0.6 is 0 Å². The third-order valence-electron chi connectivity index (χ3n) is 2.00. The van der Waals surface area contributed by atoms with Crippen molar-refractivity contribution < 1.29 is 17.4 Å². The molecule has 0 amide bonds. The number of rotatable bonds is 2. The van der Waals surface area contributed by atoms with E-state index in [9.17, 15) is 0 Å². The van der Waals surface area contributed by atoms with Gasteiger partial charge in [0.15, 0.2) is 13.0 Å². The molecule has 0 spiro atoms. The van der Waals surface area contributed by atoms with E-state index in [-0.39, 0.29) is 12.4 Å². The van der Waals surface area contributed by atoms with Crippen LogP contribution in [0.3, 0.4) is 0 Å². The molecule has 1 unspecified atom stereocenters. The highest BCUT2D eigenvalue weighted by molar-refractivity contribution is 5.53. The Morgan fingerprint density at radius 2 is 2.07 bits per heavy atom. The lowest BCUT2D eigenvalue weighted by molar-refractivity contribution is -0.921. The average Bonchev–Trinajstić information content (AvgIpc) is 2.53. The van der Waals surface area contributed by atoms with Crippen LogP contribution in [0.15, 0.2) is 35.4 Å². The fraction of sp³-hybridized carbons (Fsp3) is 0.222. The van der Waals surface area contributed by atoms with Gasteiger partial charge >= 0.3 is 0 Å². The Hall–Kier alpha value is -1.10. The molecule has 0 bridgehead atoms. The third-order valence-corrected chi connectivity index (χ3v) is 2.00. The predicted molar refractivity (Wildman–Crippen MR) is 50.5 cm³/mol. The number of benzene rings is 1. The summed E-state index contributed by atoms with van der Waals surface area (Å²) in [5.41, 5.74) is 1.28. The Balaban J connectivity index is 0.000000980. The molecule has 0 saturated heterocycles. The van der Waals surface area contributed by atoms with Crippen LogP contribution in [0.4, 0.5) is 0 Å². The zero-order valence-electron chi connectivity index (χ0n) is 7.73. The summed E-state index contributed by atoms with van der Waals surface area (Å²) in [4.78, 5) is 0. The van der Waals surface area contributed by atoms with E-state index in [0.29, 0.717) is 0 Å². The number of hydrogen-bond donors (Lipinski definition) is 2. The van der Waals surface area contributed by atoms with Gasteiger partial charge in [0.2, 0.25) is 0 Å². The van der Waals surface area contributed by atoms with Gasteiger partial charge in [0.1, 0.15) is 6.54 Å². The summed E-state index contributed by atoms with van der Waals surface area (Å²) >= 11 is 0. The summed E-state index contributed by atoms with van der Waals surface area (Å²) < 4.78 is 0. The van der Waals surface area contributed by atoms with Gasteiger partial charge in [-0.25, -0.2) is 10.9 Å². The molecule has 0 aliphatic carbocycles. The number of hydrazine groups is 1. The fourth-order valence-electron chi connectivity index (χ4n) is 1.38. The molecule has 2 rings (SSSR count). The zero-order valence-corrected chi connectivity index (χ0v) is 8.48. The molecule has 1 aliphatic rings. The highest BCUT2D eigenvalue weighted by Crippen LogP contribution is 1.95. The molecule has 14 heavy (non-hydrogen) atoms. The van der Waals surface area contributed by atoms with E-state index in [4.69, 9.17) is 5.84 Å². The Bertz CT molecular complexity index is 301. The minimum Gasteiger partial charge on any atom is -1.00 e. The van der Waals surface area contributed by atoms with Gasteiger partial charge in [0.25, 0.3) is 0 Å². The first kappa shape index (κ1) is 11.0. The van der Waals surface area contributed by atoms with Crippen LogP contribution in [0.5, 0.6) is 0 Å². The van der Waals surface area contributed by atoms with E-state index in [0.717, 1.165) is 18.2 Å². The van der Waals surface area contributed by atoms with Crippen molar-refractivity contribution in [3.63, 3.8) is 0 Å². The number of quaternary nitrogens is 1. The van der Waals surface area contributed by atoms with Gasteiger partial charge in [0, 0.05) is 5.56 Å². The van der Waals surface area contributed by atoms with Crippen molar-refractivity contribution >= 4 is 6.34 Å². The smallest absolute Gasteiger partial charge is 0.192 e. The molecule has 1 atom stereocenters. The maximum atomic E-state index is 5.54. The Morgan fingerprint density at radius 1 is 1.36 bits per heavy atom. The summed E-state index contributed by atoms with van der Waals surface area (Å²) in [6.45, 7) is 1.64. The van der Waals surface area contributed by atoms with Crippen molar-refractivity contribution in [2.45, 2.75) is 6.54 Å². The van der Waals surface area contributed by atoms with Crippen LogP contribution in [0, 0.1) is 0 Å². The molecule has 1 heterocycles. The summed E-state index contributed by atoms with van der Waals surface area (Å²) in [6, 6.07) is 10.3. The van der Waals surface area contributed by atoms with E-state index in [2.05, 4.69) is 17.2 Å². The molecule has 0 saturated carbocycles. The first-order valence-electron chi connectivity index (χ1n) is 4.29. The minimum atomic E-state index is 0. The average molecular weight is 213 g/mol. The lowest BCUT2D eigenvalue weighted by Crippen LogP contribution is -3.05. The normalized spacial score (nSPS) is 19.5. The van der Waals surface area contributed by atoms with E-state index < -0.39 is 0 Å². The van der Waals surface area contributed by atoms with Crippen LogP contribution in [0.25, 0.3) is 0 Å². The Kier molecular flexibility index (Phi) is 3.88. The lowest BCUT2D eigenvalue weighted by atomic mass is 10.2. The second-order valence-electron chi connectivity index (χ2n) is 3.15. The van der Waals surface area contributed by atoms with Gasteiger partial charge in [-0.05, 0) is 0 Å². The number of nitrogens with two attached hydrogens (primary N) is 1. The second-order valence-corrected chi connectivity index (χ2v) is 3.15. The van der Waals surface area contributed by atoms with Gasteiger partial charge in [-0.15, -0.1) is 0 Å². The second kappa shape index (κ2) is 4.95. The van der Waals surface area contributed by atoms with Crippen molar-refractivity contribution in [3.05, 3.63) is 35.9 Å². The fourth-order valence-corrected chi connectivity index (χ4v) is 1.38. The summed E-state index contributed by atoms with van der Waals surface area (Å²) in [6.07, 6.45) is 1.66. The Labute approximate surface area is 89.4 Å². The zero-order chi connectivity index (χ0) is 9.10. The van der Waals surface area contributed by atoms with E-state index in [1.54, 1.807) is 11.3 Å². The van der Waals surface area contributed by atoms with Crippen LogP contribution in [-0.2, 0) is 6.54 Å². The topological polar surface area (TPSA) is 46.1 Å². The van der Waals surface area contributed by atoms with Crippen LogP contribution in [0.2, 0.25) is 0 Å². The van der Waals surface area contributed by atoms with Crippen LogP contribution < -0.4 is 23.3 Å². The third kappa shape index (κ3) is 2.70. The van der Waals surface area contributed by atoms with Gasteiger partial charge in [0.05, 0.1) is 0 Å². The first-order chi connectivity index (χ1) is 6.34. The number of halogens is 1. The maximum Gasteiger partial charge on any atom is 0.192 e. The molecule has 1 aliphatic heterocycles. The maximum absolute atomic E-state index is 5.54. The van der Waals surface area contributed by atoms with E-state index in [1.165, 1.54) is 5.56 Å². The molecule has 5 heteroatoms. The number of nitrogens with zero attached hydrogens (tertiary/aromatic N) is 2. The van der Waals surface area contributed by atoms with Crippen molar-refractivity contribution in [3.8, 4) is 0 Å². The first-order valence-corrected chi connectivity index (χ1v) is 4.29. The number of hydrogen-bond acceptors (Lipinski definition) is 3. The van der Waals surface area contributed by atoms with Crippen LogP contribution in [0.1, 0.15) is 5.56 Å². The van der Waals surface area contributed by atoms with E-state index >= 15 is 0 Å². The molecule has 1 aromatic carbocycles. The largest absolute Gasteiger partial charge is 1.00 e. The van der Waals surface area contributed by atoms with Gasteiger partial charge in [-0.1, -0.05) is 35.4 Å². The number of nitrogens with one attached hydrogen (secondary N) is 1. The Morgan fingerprint density at radius 3 is 2.64 bits per heavy atom. The van der Waals surface area contributed by atoms with Gasteiger partial charge in [-0.3, -0.25) is 0 Å².